The lowest BCUT2D eigenvalue weighted by Gasteiger charge is -2.38. The first-order chi connectivity index (χ1) is 14.1. The van der Waals surface area contributed by atoms with Crippen molar-refractivity contribution in [3.63, 3.8) is 0 Å². The number of nitrogens with one attached hydrogen (secondary N) is 2. The van der Waals surface area contributed by atoms with E-state index >= 15 is 0 Å². The van der Waals surface area contributed by atoms with Crippen LogP contribution in [-0.4, -0.2) is 11.8 Å². The summed E-state index contributed by atoms with van der Waals surface area (Å²) in [5.74, 6) is -0.158. The molecular formula is C24H23N3O2. The predicted molar refractivity (Wildman–Crippen MR) is 116 cm³/mol. The molecule has 0 fully saturated rings. The highest BCUT2D eigenvalue weighted by atomic mass is 16.2. The number of anilines is 3. The van der Waals surface area contributed by atoms with Crippen LogP contribution in [-0.2, 0) is 11.2 Å². The Labute approximate surface area is 170 Å². The zero-order valence-electron chi connectivity index (χ0n) is 16.5. The quantitative estimate of drug-likeness (QED) is 0.666. The number of rotatable bonds is 4. The topological polar surface area (TPSA) is 61.4 Å². The second-order valence-electron chi connectivity index (χ2n) is 7.09. The molecule has 3 aromatic rings. The number of fused-ring (bicyclic) bond motifs is 1. The maximum Gasteiger partial charge on any atom is 0.262 e. The van der Waals surface area contributed by atoms with Gasteiger partial charge in [0, 0.05) is 24.0 Å². The highest BCUT2D eigenvalue weighted by molar-refractivity contribution is 6.12. The van der Waals surface area contributed by atoms with Gasteiger partial charge in [0.25, 0.3) is 5.91 Å². The van der Waals surface area contributed by atoms with Crippen LogP contribution in [0, 0.1) is 0 Å². The van der Waals surface area contributed by atoms with Crippen LogP contribution in [0.1, 0.15) is 41.5 Å². The minimum absolute atomic E-state index is 0.0421. The second-order valence-corrected chi connectivity index (χ2v) is 7.09. The zero-order valence-corrected chi connectivity index (χ0v) is 16.5. The number of hydrogen-bond acceptors (Lipinski definition) is 3. The normalized spacial score (nSPS) is 15.4. The largest absolute Gasteiger partial charge is 0.360 e. The molecular weight excluding hydrogens is 362 g/mol. The third kappa shape index (κ3) is 3.72. The molecule has 1 aliphatic heterocycles. The molecule has 0 spiro atoms. The Morgan fingerprint density at radius 2 is 1.69 bits per heavy atom. The molecule has 0 unspecified atom stereocenters. The fourth-order valence-corrected chi connectivity index (χ4v) is 3.60. The summed E-state index contributed by atoms with van der Waals surface area (Å²) < 4.78 is 0. The van der Waals surface area contributed by atoms with Gasteiger partial charge >= 0.3 is 0 Å². The molecule has 1 aliphatic rings. The van der Waals surface area contributed by atoms with Crippen LogP contribution in [0.5, 0.6) is 0 Å². The van der Waals surface area contributed by atoms with Crippen molar-refractivity contribution >= 4 is 28.9 Å². The van der Waals surface area contributed by atoms with E-state index in [9.17, 15) is 9.59 Å². The van der Waals surface area contributed by atoms with Crippen LogP contribution in [0.15, 0.2) is 72.8 Å². The van der Waals surface area contributed by atoms with Crippen molar-refractivity contribution in [3.05, 3.63) is 89.5 Å². The standard InChI is InChI=1S/C24H23N3O2/c1-3-17-8-14-20(15-9-17)27-23(18-10-12-19(13-11-18)25-16(2)28)26-22-7-5-4-6-21(22)24(27)29/h4-15,23,26H,3H2,1-2H3,(H,25,28)/t23-/m1/s1. The van der Waals surface area contributed by atoms with Gasteiger partial charge in [-0.15, -0.1) is 0 Å². The summed E-state index contributed by atoms with van der Waals surface area (Å²) >= 11 is 0. The van der Waals surface area contributed by atoms with Crippen LogP contribution in [0.25, 0.3) is 0 Å². The Morgan fingerprint density at radius 3 is 2.34 bits per heavy atom. The van der Waals surface area contributed by atoms with Crippen molar-refractivity contribution in [2.24, 2.45) is 0 Å². The second kappa shape index (κ2) is 7.80. The molecule has 0 saturated carbocycles. The first kappa shape index (κ1) is 18.7. The average Bonchev–Trinajstić information content (AvgIpc) is 2.74. The van der Waals surface area contributed by atoms with Crippen LogP contribution < -0.4 is 15.5 Å². The Bertz CT molecular complexity index is 1040. The summed E-state index contributed by atoms with van der Waals surface area (Å²) in [7, 11) is 0. The summed E-state index contributed by atoms with van der Waals surface area (Å²) in [6.45, 7) is 3.59. The van der Waals surface area contributed by atoms with E-state index < -0.39 is 0 Å². The molecule has 3 aromatic carbocycles. The molecule has 0 saturated heterocycles. The summed E-state index contributed by atoms with van der Waals surface area (Å²) in [4.78, 5) is 26.5. The van der Waals surface area contributed by atoms with Gasteiger partial charge < -0.3 is 10.6 Å². The third-order valence-electron chi connectivity index (χ3n) is 5.10. The molecule has 5 nitrogen and oxygen atoms in total. The Kier molecular flexibility index (Phi) is 5.04. The van der Waals surface area contributed by atoms with Crippen molar-refractivity contribution in [1.29, 1.82) is 0 Å². The van der Waals surface area contributed by atoms with Crippen molar-refractivity contribution in [1.82, 2.24) is 0 Å². The number of nitrogens with zero attached hydrogens (tertiary/aromatic N) is 1. The van der Waals surface area contributed by atoms with Gasteiger partial charge in [-0.05, 0) is 53.9 Å². The lowest BCUT2D eigenvalue weighted by atomic mass is 10.0. The first-order valence-corrected chi connectivity index (χ1v) is 9.72. The molecule has 2 amide bonds. The van der Waals surface area contributed by atoms with E-state index in [1.54, 1.807) is 4.90 Å². The maximum absolute atomic E-state index is 13.4. The average molecular weight is 385 g/mol. The fraction of sp³-hybridized carbons (Fsp3) is 0.167. The van der Waals surface area contributed by atoms with Gasteiger partial charge in [-0.1, -0.05) is 43.3 Å². The number of hydrogen-bond donors (Lipinski definition) is 2. The number of para-hydroxylation sites is 1. The van der Waals surface area contributed by atoms with Gasteiger partial charge in [0.05, 0.1) is 5.56 Å². The highest BCUT2D eigenvalue weighted by Gasteiger charge is 2.33. The molecule has 29 heavy (non-hydrogen) atoms. The summed E-state index contributed by atoms with van der Waals surface area (Å²) in [5.41, 5.74) is 5.19. The van der Waals surface area contributed by atoms with E-state index in [0.29, 0.717) is 5.56 Å². The molecule has 1 atom stereocenters. The van der Waals surface area contributed by atoms with E-state index in [2.05, 4.69) is 29.7 Å². The van der Waals surface area contributed by atoms with Gasteiger partial charge in [-0.25, -0.2) is 0 Å². The molecule has 146 valence electrons. The van der Waals surface area contributed by atoms with Crippen molar-refractivity contribution < 1.29 is 9.59 Å². The Morgan fingerprint density at radius 1 is 1.00 bits per heavy atom. The molecule has 2 N–H and O–H groups in total. The SMILES string of the molecule is CCc1ccc(N2C(=O)c3ccccc3N[C@H]2c2ccc(NC(C)=O)cc2)cc1. The summed E-state index contributed by atoms with van der Waals surface area (Å²) in [6.07, 6.45) is 0.597. The molecule has 0 aliphatic carbocycles. The van der Waals surface area contributed by atoms with Crippen LogP contribution in [0.3, 0.4) is 0 Å². The number of benzene rings is 3. The van der Waals surface area contributed by atoms with Crippen molar-refractivity contribution in [2.75, 3.05) is 15.5 Å². The Balaban J connectivity index is 1.76. The van der Waals surface area contributed by atoms with Gasteiger partial charge in [-0.2, -0.15) is 0 Å². The van der Waals surface area contributed by atoms with Gasteiger partial charge in [0.2, 0.25) is 5.91 Å². The predicted octanol–water partition coefficient (Wildman–Crippen LogP) is 4.98. The van der Waals surface area contributed by atoms with Crippen LogP contribution in [0.4, 0.5) is 17.1 Å². The van der Waals surface area contributed by atoms with Crippen molar-refractivity contribution in [2.45, 2.75) is 26.4 Å². The number of amides is 2. The van der Waals surface area contributed by atoms with E-state index in [0.717, 1.165) is 29.0 Å². The molecule has 0 aromatic heterocycles. The molecule has 5 heteroatoms. The van der Waals surface area contributed by atoms with Gasteiger partial charge in [0.15, 0.2) is 0 Å². The number of aryl methyl sites for hydroxylation is 1. The molecule has 4 rings (SSSR count). The minimum atomic E-state index is -0.351. The van der Waals surface area contributed by atoms with Crippen molar-refractivity contribution in [3.8, 4) is 0 Å². The first-order valence-electron chi connectivity index (χ1n) is 9.72. The molecule has 0 bridgehead atoms. The molecule has 1 heterocycles. The monoisotopic (exact) mass is 385 g/mol. The highest BCUT2D eigenvalue weighted by Crippen LogP contribution is 2.37. The zero-order chi connectivity index (χ0) is 20.4. The summed E-state index contributed by atoms with van der Waals surface area (Å²) in [6, 6.07) is 23.2. The third-order valence-corrected chi connectivity index (χ3v) is 5.10. The number of carbonyl (C=O) groups excluding carboxylic acids is 2. The summed E-state index contributed by atoms with van der Waals surface area (Å²) in [5, 5.41) is 6.27. The fourth-order valence-electron chi connectivity index (χ4n) is 3.60. The lowest BCUT2D eigenvalue weighted by molar-refractivity contribution is -0.114. The van der Waals surface area contributed by atoms with Crippen LogP contribution >= 0.6 is 0 Å². The van der Waals surface area contributed by atoms with Gasteiger partial charge in [0.1, 0.15) is 6.17 Å². The van der Waals surface area contributed by atoms with Crippen LogP contribution in [0.2, 0.25) is 0 Å². The molecule has 0 radical (unpaired) electrons. The minimum Gasteiger partial charge on any atom is -0.360 e. The van der Waals surface area contributed by atoms with E-state index in [1.807, 2.05) is 60.7 Å². The van der Waals surface area contributed by atoms with E-state index in [4.69, 9.17) is 0 Å². The van der Waals surface area contributed by atoms with E-state index in [1.165, 1.54) is 12.5 Å². The Hall–Kier alpha value is -3.60. The number of carbonyl (C=O) groups is 2. The van der Waals surface area contributed by atoms with Gasteiger partial charge in [-0.3, -0.25) is 14.5 Å². The van der Waals surface area contributed by atoms with E-state index in [-0.39, 0.29) is 18.0 Å². The lowest BCUT2D eigenvalue weighted by Crippen LogP contribution is -2.43. The maximum atomic E-state index is 13.4. The smallest absolute Gasteiger partial charge is 0.262 e.